The summed E-state index contributed by atoms with van der Waals surface area (Å²) in [7, 11) is -3.30. The van der Waals surface area contributed by atoms with Crippen molar-refractivity contribution in [2.24, 2.45) is 0 Å². The largest absolute Gasteiger partial charge is 0.332 e. The Morgan fingerprint density at radius 1 is 1.09 bits per heavy atom. The van der Waals surface area contributed by atoms with Gasteiger partial charge >= 0.3 is 0 Å². The van der Waals surface area contributed by atoms with Gasteiger partial charge in [-0.05, 0) is 24.5 Å². The zero-order valence-electron chi connectivity index (χ0n) is 14.0. The van der Waals surface area contributed by atoms with Crippen LogP contribution in [0.3, 0.4) is 0 Å². The second-order valence-corrected chi connectivity index (χ2v) is 7.87. The van der Waals surface area contributed by atoms with E-state index >= 15 is 0 Å². The number of allylic oxidation sites excluding steroid dienone is 1. The van der Waals surface area contributed by atoms with Gasteiger partial charge < -0.3 is 4.90 Å². The standard InChI is InChI=1S/C18H28N2O2S/c1-2-3-4-5-6-9-14-19-23(21,22)16-20-15-10-12-17-11-7-8-13-18(17)20/h7-8,10-11,13,15,19H,2-6,9,12,14,16H2,1H3. The van der Waals surface area contributed by atoms with E-state index in [0.717, 1.165) is 24.9 Å². The molecule has 0 spiro atoms. The summed E-state index contributed by atoms with van der Waals surface area (Å²) < 4.78 is 27.2. The lowest BCUT2D eigenvalue weighted by atomic mass is 10.1. The molecule has 0 aliphatic carbocycles. The van der Waals surface area contributed by atoms with E-state index in [9.17, 15) is 8.42 Å². The molecule has 4 nitrogen and oxygen atoms in total. The van der Waals surface area contributed by atoms with E-state index in [2.05, 4.69) is 11.6 Å². The molecular weight excluding hydrogens is 308 g/mol. The van der Waals surface area contributed by atoms with Gasteiger partial charge in [0, 0.05) is 18.4 Å². The molecule has 0 aromatic heterocycles. The Morgan fingerprint density at radius 3 is 2.65 bits per heavy atom. The van der Waals surface area contributed by atoms with Crippen LogP contribution < -0.4 is 9.62 Å². The second kappa shape index (κ2) is 9.08. The van der Waals surface area contributed by atoms with Gasteiger partial charge in [-0.3, -0.25) is 0 Å². The molecule has 5 heteroatoms. The number of hydrogen-bond acceptors (Lipinski definition) is 3. The van der Waals surface area contributed by atoms with Crippen LogP contribution in [-0.4, -0.2) is 20.8 Å². The minimum Gasteiger partial charge on any atom is -0.332 e. The van der Waals surface area contributed by atoms with Gasteiger partial charge in [-0.25, -0.2) is 13.1 Å². The van der Waals surface area contributed by atoms with E-state index < -0.39 is 10.0 Å². The molecule has 0 bridgehead atoms. The van der Waals surface area contributed by atoms with Crippen LogP contribution in [0.25, 0.3) is 0 Å². The zero-order chi connectivity index (χ0) is 16.5. The molecule has 1 aromatic carbocycles. The Bertz CT molecular complexity index is 611. The summed E-state index contributed by atoms with van der Waals surface area (Å²) in [6.45, 7) is 2.73. The van der Waals surface area contributed by atoms with Gasteiger partial charge in [0.1, 0.15) is 5.88 Å². The lowest BCUT2D eigenvalue weighted by Crippen LogP contribution is -2.35. The van der Waals surface area contributed by atoms with Crippen LogP contribution in [0.5, 0.6) is 0 Å². The van der Waals surface area contributed by atoms with Crippen LogP contribution in [-0.2, 0) is 16.4 Å². The molecule has 1 N–H and O–H groups in total. The molecule has 0 atom stereocenters. The molecular formula is C18H28N2O2S. The fourth-order valence-electron chi connectivity index (χ4n) is 2.83. The summed E-state index contributed by atoms with van der Waals surface area (Å²) in [5.74, 6) is -0.0175. The van der Waals surface area contributed by atoms with Gasteiger partial charge in [-0.1, -0.05) is 63.3 Å². The van der Waals surface area contributed by atoms with Crippen LogP contribution in [0.15, 0.2) is 36.5 Å². The van der Waals surface area contributed by atoms with Crippen molar-refractivity contribution in [3.05, 3.63) is 42.1 Å². The predicted octanol–water partition coefficient (Wildman–Crippen LogP) is 3.80. The van der Waals surface area contributed by atoms with Crippen LogP contribution in [0.4, 0.5) is 5.69 Å². The molecule has 0 unspecified atom stereocenters. The maximum absolute atomic E-state index is 12.3. The average molecular weight is 337 g/mol. The first-order chi connectivity index (χ1) is 11.1. The van der Waals surface area contributed by atoms with E-state index in [0.29, 0.717) is 6.54 Å². The summed E-state index contributed by atoms with van der Waals surface area (Å²) in [5, 5.41) is 0. The fourth-order valence-corrected chi connectivity index (χ4v) is 3.96. The van der Waals surface area contributed by atoms with Crippen LogP contribution in [0.1, 0.15) is 51.0 Å². The van der Waals surface area contributed by atoms with Crippen molar-refractivity contribution < 1.29 is 8.42 Å². The van der Waals surface area contributed by atoms with Crippen LogP contribution in [0, 0.1) is 0 Å². The van der Waals surface area contributed by atoms with Crippen molar-refractivity contribution in [1.29, 1.82) is 0 Å². The van der Waals surface area contributed by atoms with Crippen molar-refractivity contribution in [2.75, 3.05) is 17.3 Å². The SMILES string of the molecule is CCCCCCCCNS(=O)(=O)CN1C=CCc2ccccc21. The molecule has 0 saturated carbocycles. The van der Waals surface area contributed by atoms with Gasteiger partial charge in [0.2, 0.25) is 10.0 Å². The van der Waals surface area contributed by atoms with E-state index in [4.69, 9.17) is 0 Å². The Hall–Kier alpha value is -1.33. The number of nitrogens with zero attached hydrogens (tertiary/aromatic N) is 1. The van der Waals surface area contributed by atoms with Gasteiger partial charge in [-0.2, -0.15) is 0 Å². The maximum Gasteiger partial charge on any atom is 0.230 e. The number of anilines is 1. The van der Waals surface area contributed by atoms with E-state index in [1.165, 1.54) is 31.2 Å². The normalized spacial score (nSPS) is 14.0. The summed E-state index contributed by atoms with van der Waals surface area (Å²) in [4.78, 5) is 1.81. The second-order valence-electron chi connectivity index (χ2n) is 6.09. The first-order valence-corrected chi connectivity index (χ1v) is 10.3. The first kappa shape index (κ1) is 18.0. The summed E-state index contributed by atoms with van der Waals surface area (Å²) >= 11 is 0. The van der Waals surface area contributed by atoms with E-state index in [1.807, 2.05) is 41.4 Å². The lowest BCUT2D eigenvalue weighted by Gasteiger charge is -2.26. The van der Waals surface area contributed by atoms with Gasteiger partial charge in [-0.15, -0.1) is 0 Å². The highest BCUT2D eigenvalue weighted by molar-refractivity contribution is 7.89. The summed E-state index contributed by atoms with van der Waals surface area (Å²) in [5.41, 5.74) is 2.15. The monoisotopic (exact) mass is 336 g/mol. The highest BCUT2D eigenvalue weighted by Crippen LogP contribution is 2.25. The third kappa shape index (κ3) is 5.99. The number of benzene rings is 1. The number of sulfonamides is 1. The van der Waals surface area contributed by atoms with Crippen molar-refractivity contribution >= 4 is 15.7 Å². The highest BCUT2D eigenvalue weighted by atomic mass is 32.2. The molecule has 1 heterocycles. The lowest BCUT2D eigenvalue weighted by molar-refractivity contribution is 0.567. The highest BCUT2D eigenvalue weighted by Gasteiger charge is 2.18. The number of para-hydroxylation sites is 1. The Labute approximate surface area is 140 Å². The summed E-state index contributed by atoms with van der Waals surface area (Å²) in [6.07, 6.45) is 11.7. The Kier molecular flexibility index (Phi) is 7.12. The topological polar surface area (TPSA) is 49.4 Å². The smallest absolute Gasteiger partial charge is 0.230 e. The molecule has 0 fully saturated rings. The van der Waals surface area contributed by atoms with Gasteiger partial charge in [0.25, 0.3) is 0 Å². The molecule has 2 rings (SSSR count). The number of hydrogen-bond donors (Lipinski definition) is 1. The van der Waals surface area contributed by atoms with Crippen molar-refractivity contribution in [3.8, 4) is 0 Å². The maximum atomic E-state index is 12.3. The first-order valence-electron chi connectivity index (χ1n) is 8.61. The van der Waals surface area contributed by atoms with E-state index in [1.54, 1.807) is 0 Å². The zero-order valence-corrected chi connectivity index (χ0v) is 14.8. The minimum atomic E-state index is -3.30. The third-order valence-electron chi connectivity index (χ3n) is 4.09. The Balaban J connectivity index is 1.78. The van der Waals surface area contributed by atoms with Crippen molar-refractivity contribution in [2.45, 2.75) is 51.9 Å². The predicted molar refractivity (Wildman–Crippen MR) is 96.9 cm³/mol. The molecule has 0 saturated heterocycles. The molecule has 1 aliphatic heterocycles. The fraction of sp³-hybridized carbons (Fsp3) is 0.556. The molecule has 1 aliphatic rings. The molecule has 128 valence electrons. The van der Waals surface area contributed by atoms with Crippen molar-refractivity contribution in [3.63, 3.8) is 0 Å². The van der Waals surface area contributed by atoms with Crippen LogP contribution >= 0.6 is 0 Å². The molecule has 1 aromatic rings. The minimum absolute atomic E-state index is 0.0175. The Morgan fingerprint density at radius 2 is 1.83 bits per heavy atom. The third-order valence-corrected chi connectivity index (χ3v) is 5.35. The number of nitrogens with one attached hydrogen (secondary N) is 1. The number of rotatable bonds is 10. The molecule has 23 heavy (non-hydrogen) atoms. The van der Waals surface area contributed by atoms with Crippen LogP contribution in [0.2, 0.25) is 0 Å². The van der Waals surface area contributed by atoms with E-state index in [-0.39, 0.29) is 5.88 Å². The van der Waals surface area contributed by atoms with Gasteiger partial charge in [0.05, 0.1) is 0 Å². The number of fused-ring (bicyclic) bond motifs is 1. The van der Waals surface area contributed by atoms with Gasteiger partial charge in [0.15, 0.2) is 0 Å². The molecule has 0 radical (unpaired) electrons. The molecule has 0 amide bonds. The quantitative estimate of drug-likeness (QED) is 0.661. The average Bonchev–Trinajstić information content (AvgIpc) is 2.54. The summed E-state index contributed by atoms with van der Waals surface area (Å²) in [6, 6.07) is 7.95. The van der Waals surface area contributed by atoms with Crippen molar-refractivity contribution in [1.82, 2.24) is 4.72 Å². The number of unbranched alkanes of at least 4 members (excludes halogenated alkanes) is 5.